The highest BCUT2D eigenvalue weighted by molar-refractivity contribution is 6.05. The second-order valence-electron chi connectivity index (χ2n) is 7.34. The number of amides is 1. The second-order valence-corrected chi connectivity index (χ2v) is 7.34. The van der Waals surface area contributed by atoms with Gasteiger partial charge in [-0.25, -0.2) is 0 Å². The Labute approximate surface area is 162 Å². The summed E-state index contributed by atoms with van der Waals surface area (Å²) in [5.41, 5.74) is 2.49. The highest BCUT2D eigenvalue weighted by Gasteiger charge is 2.44. The van der Waals surface area contributed by atoms with E-state index < -0.39 is 0 Å². The van der Waals surface area contributed by atoms with Gasteiger partial charge in [-0.3, -0.25) is 14.5 Å². The molecule has 6 nitrogen and oxygen atoms in total. The normalized spacial score (nSPS) is 17.6. The largest absolute Gasteiger partial charge is 0.371 e. The van der Waals surface area contributed by atoms with Crippen molar-refractivity contribution in [1.29, 1.82) is 0 Å². The first-order valence-corrected chi connectivity index (χ1v) is 9.73. The lowest BCUT2D eigenvalue weighted by molar-refractivity contribution is 0.0926. The molecule has 0 bridgehead atoms. The van der Waals surface area contributed by atoms with Gasteiger partial charge < -0.3 is 10.2 Å². The Morgan fingerprint density at radius 3 is 2.59 bits per heavy atom. The van der Waals surface area contributed by atoms with Crippen molar-refractivity contribution in [1.82, 2.24) is 20.1 Å². The SMILES string of the molecule is Cn1ccc(CC2(NC(=O)c3cc(N4CCCCC4)ccn3)CC2)n1.[B]C. The van der Waals surface area contributed by atoms with E-state index in [0.717, 1.165) is 43.7 Å². The Morgan fingerprint density at radius 1 is 1.22 bits per heavy atom. The Hall–Kier alpha value is -2.31. The third-order valence-corrected chi connectivity index (χ3v) is 5.22. The number of anilines is 1. The molecule has 27 heavy (non-hydrogen) atoms. The fraction of sp³-hybridized carbons (Fsp3) is 0.550. The molecular weight excluding hydrogens is 337 g/mol. The molecule has 7 heteroatoms. The van der Waals surface area contributed by atoms with Crippen LogP contribution in [-0.2, 0) is 13.5 Å². The van der Waals surface area contributed by atoms with Crippen LogP contribution in [-0.4, -0.2) is 47.1 Å². The minimum absolute atomic E-state index is 0.0766. The molecule has 0 spiro atoms. The van der Waals surface area contributed by atoms with Crippen molar-refractivity contribution in [3.63, 3.8) is 0 Å². The van der Waals surface area contributed by atoms with Gasteiger partial charge in [0.25, 0.3) is 5.91 Å². The molecule has 0 aromatic carbocycles. The van der Waals surface area contributed by atoms with Crippen molar-refractivity contribution in [2.45, 2.75) is 50.9 Å². The molecule has 2 aromatic rings. The maximum atomic E-state index is 12.7. The summed E-state index contributed by atoms with van der Waals surface area (Å²) in [6.07, 6.45) is 10.2. The number of aryl methyl sites for hydroxylation is 1. The molecule has 3 heterocycles. The van der Waals surface area contributed by atoms with Crippen molar-refractivity contribution in [2.75, 3.05) is 18.0 Å². The van der Waals surface area contributed by atoms with Gasteiger partial charge in [-0.2, -0.15) is 5.10 Å². The van der Waals surface area contributed by atoms with Crippen LogP contribution in [0.3, 0.4) is 0 Å². The van der Waals surface area contributed by atoms with E-state index in [1.165, 1.54) is 26.1 Å². The smallest absolute Gasteiger partial charge is 0.270 e. The van der Waals surface area contributed by atoms with Gasteiger partial charge in [-0.15, -0.1) is 0 Å². The van der Waals surface area contributed by atoms with Crippen molar-refractivity contribution in [3.8, 4) is 0 Å². The van der Waals surface area contributed by atoms with Crippen LogP contribution in [0.1, 0.15) is 48.3 Å². The van der Waals surface area contributed by atoms with Crippen molar-refractivity contribution in [2.24, 2.45) is 7.05 Å². The third kappa shape index (κ3) is 4.90. The molecule has 2 radical (unpaired) electrons. The molecule has 0 atom stereocenters. The quantitative estimate of drug-likeness (QED) is 0.827. The summed E-state index contributed by atoms with van der Waals surface area (Å²) in [5.74, 6) is -0.0766. The van der Waals surface area contributed by atoms with Crippen molar-refractivity contribution < 1.29 is 4.79 Å². The summed E-state index contributed by atoms with van der Waals surface area (Å²) in [5, 5.41) is 7.64. The highest BCUT2D eigenvalue weighted by Crippen LogP contribution is 2.38. The van der Waals surface area contributed by atoms with E-state index in [4.69, 9.17) is 0 Å². The molecule has 1 saturated heterocycles. The van der Waals surface area contributed by atoms with Crippen LogP contribution in [0.2, 0.25) is 6.82 Å². The highest BCUT2D eigenvalue weighted by atomic mass is 16.2. The molecule has 4 rings (SSSR count). The summed E-state index contributed by atoms with van der Waals surface area (Å²) in [6.45, 7) is 3.63. The number of carbonyl (C=O) groups excluding carboxylic acids is 1. The first kappa shape index (κ1) is 19.5. The lowest BCUT2D eigenvalue weighted by atomic mass is 10.1. The van der Waals surface area contributed by atoms with E-state index >= 15 is 0 Å². The van der Waals surface area contributed by atoms with E-state index in [2.05, 4.69) is 28.1 Å². The van der Waals surface area contributed by atoms with Gasteiger partial charge in [0.2, 0.25) is 0 Å². The van der Waals surface area contributed by atoms with Crippen LogP contribution in [0.4, 0.5) is 5.69 Å². The third-order valence-electron chi connectivity index (χ3n) is 5.22. The van der Waals surface area contributed by atoms with Gasteiger partial charge in [0, 0.05) is 50.2 Å². The van der Waals surface area contributed by atoms with Gasteiger partial charge in [-0.1, -0.05) is 6.82 Å². The number of rotatable bonds is 5. The Morgan fingerprint density at radius 2 is 1.96 bits per heavy atom. The van der Waals surface area contributed by atoms with E-state index in [0.29, 0.717) is 5.69 Å². The molecule has 142 valence electrons. The molecule has 2 aromatic heterocycles. The number of nitrogens with one attached hydrogen (secondary N) is 1. The number of pyridine rings is 1. The van der Waals surface area contributed by atoms with E-state index in [-0.39, 0.29) is 11.4 Å². The molecule has 1 aliphatic heterocycles. The Bertz CT molecular complexity index is 765. The average molecular weight is 365 g/mol. The molecule has 1 N–H and O–H groups in total. The zero-order chi connectivity index (χ0) is 19.3. The Balaban J connectivity index is 0.00000102. The predicted molar refractivity (Wildman–Crippen MR) is 108 cm³/mol. The topological polar surface area (TPSA) is 63.1 Å². The molecule has 2 fully saturated rings. The minimum atomic E-state index is -0.145. The molecule has 1 amide bonds. The van der Waals surface area contributed by atoms with Crippen LogP contribution in [0.5, 0.6) is 0 Å². The van der Waals surface area contributed by atoms with E-state index in [1.54, 1.807) is 10.9 Å². The minimum Gasteiger partial charge on any atom is -0.371 e. The monoisotopic (exact) mass is 365 g/mol. The number of hydrogen-bond acceptors (Lipinski definition) is 4. The summed E-state index contributed by atoms with van der Waals surface area (Å²) >= 11 is 0. The number of hydrogen-bond donors (Lipinski definition) is 1. The predicted octanol–water partition coefficient (Wildman–Crippen LogP) is 2.51. The molecule has 2 aliphatic rings. The first-order valence-electron chi connectivity index (χ1n) is 9.73. The summed E-state index contributed by atoms with van der Waals surface area (Å²) in [4.78, 5) is 19.4. The zero-order valence-electron chi connectivity index (χ0n) is 16.3. The van der Waals surface area contributed by atoms with Crippen molar-refractivity contribution in [3.05, 3.63) is 42.0 Å². The first-order chi connectivity index (χ1) is 13.1. The number of aromatic nitrogens is 3. The summed E-state index contributed by atoms with van der Waals surface area (Å²) in [6, 6.07) is 5.95. The van der Waals surface area contributed by atoms with Gasteiger partial charge in [0.05, 0.1) is 13.5 Å². The number of carbonyl (C=O) groups is 1. The van der Waals surface area contributed by atoms with Crippen molar-refractivity contribution >= 4 is 19.4 Å². The van der Waals surface area contributed by atoms with Crippen LogP contribution < -0.4 is 10.2 Å². The number of piperidine rings is 1. The van der Waals surface area contributed by atoms with Crippen LogP contribution >= 0.6 is 0 Å². The lowest BCUT2D eigenvalue weighted by Gasteiger charge is -2.29. The molecule has 1 saturated carbocycles. The second kappa shape index (κ2) is 8.59. The Kier molecular flexibility index (Phi) is 6.19. The standard InChI is InChI=1S/C19H25N5O.CH3B/c1-23-12-6-15(22-23)14-19(7-8-19)21-18(25)17-13-16(5-9-20-17)24-10-3-2-4-11-24;1-2/h5-6,9,12-13H,2-4,7-8,10-11,14H2,1H3,(H,21,25);1H3. The number of nitrogens with zero attached hydrogens (tertiary/aromatic N) is 4. The van der Waals surface area contributed by atoms with E-state index in [1.807, 2.05) is 31.4 Å². The summed E-state index contributed by atoms with van der Waals surface area (Å²) < 4.78 is 1.80. The van der Waals surface area contributed by atoms with Crippen LogP contribution in [0.15, 0.2) is 30.6 Å². The maximum absolute atomic E-state index is 12.7. The molecule has 1 aliphatic carbocycles. The van der Waals surface area contributed by atoms with Gasteiger partial charge in [-0.05, 0) is 50.3 Å². The maximum Gasteiger partial charge on any atom is 0.270 e. The van der Waals surface area contributed by atoms with Gasteiger partial charge in [0.1, 0.15) is 5.69 Å². The fourth-order valence-corrected chi connectivity index (χ4v) is 3.60. The van der Waals surface area contributed by atoms with Gasteiger partial charge in [0.15, 0.2) is 0 Å². The van der Waals surface area contributed by atoms with Crippen LogP contribution in [0.25, 0.3) is 0 Å². The summed E-state index contributed by atoms with van der Waals surface area (Å²) in [7, 11) is 6.41. The lowest BCUT2D eigenvalue weighted by Crippen LogP contribution is -2.39. The van der Waals surface area contributed by atoms with Crippen LogP contribution in [0, 0.1) is 0 Å². The zero-order valence-corrected chi connectivity index (χ0v) is 16.3. The average Bonchev–Trinajstić information content (AvgIpc) is 3.34. The fourth-order valence-electron chi connectivity index (χ4n) is 3.60. The molecule has 0 unspecified atom stereocenters. The van der Waals surface area contributed by atoms with E-state index in [9.17, 15) is 4.79 Å². The van der Waals surface area contributed by atoms with Gasteiger partial charge >= 0.3 is 0 Å². The molecular formula is C20H28BN5O.